The molecule has 1 unspecified atom stereocenters. The summed E-state index contributed by atoms with van der Waals surface area (Å²) in [4.78, 5) is 11.8. The Bertz CT molecular complexity index is 382. The van der Waals surface area contributed by atoms with Gasteiger partial charge in [-0.1, -0.05) is 39.0 Å². The number of amides is 1. The molecule has 74 valence electrons. The highest BCUT2D eigenvalue weighted by Gasteiger charge is 2.39. The molecule has 14 heavy (non-hydrogen) atoms. The van der Waals surface area contributed by atoms with Crippen molar-refractivity contribution in [3.63, 3.8) is 0 Å². The predicted octanol–water partition coefficient (Wildman–Crippen LogP) is 2.77. The molecule has 0 radical (unpaired) electrons. The number of rotatable bonds is 0. The lowest BCUT2D eigenvalue weighted by Crippen LogP contribution is -2.39. The second-order valence-electron chi connectivity index (χ2n) is 4.48. The van der Waals surface area contributed by atoms with Crippen molar-refractivity contribution in [2.24, 2.45) is 5.41 Å². The molecule has 0 bridgehead atoms. The summed E-state index contributed by atoms with van der Waals surface area (Å²) in [5.74, 6) is 0.385. The van der Waals surface area contributed by atoms with E-state index in [0.29, 0.717) is 0 Å². The van der Waals surface area contributed by atoms with Gasteiger partial charge in [0.15, 0.2) is 0 Å². The molecule has 1 aromatic carbocycles. The van der Waals surface area contributed by atoms with Gasteiger partial charge in [0.2, 0.25) is 5.91 Å². The van der Waals surface area contributed by atoms with Gasteiger partial charge in [0.05, 0.1) is 5.41 Å². The highest BCUT2D eigenvalue weighted by atomic mass is 16.2. The molecule has 0 aromatic heterocycles. The Balaban J connectivity index is 2.55. The third-order valence-corrected chi connectivity index (χ3v) is 3.34. The summed E-state index contributed by atoms with van der Waals surface area (Å²) in [5, 5.41) is 2.94. The molecule has 1 N–H and O–H groups in total. The van der Waals surface area contributed by atoms with Crippen molar-refractivity contribution in [2.45, 2.75) is 26.7 Å². The minimum absolute atomic E-state index is 0.115. The first kappa shape index (κ1) is 9.25. The van der Waals surface area contributed by atoms with Gasteiger partial charge < -0.3 is 5.32 Å². The van der Waals surface area contributed by atoms with E-state index in [9.17, 15) is 4.79 Å². The summed E-state index contributed by atoms with van der Waals surface area (Å²) in [5.41, 5.74) is 1.88. The van der Waals surface area contributed by atoms with Crippen molar-refractivity contribution < 1.29 is 4.79 Å². The zero-order valence-corrected chi connectivity index (χ0v) is 8.79. The Kier molecular flexibility index (Phi) is 1.88. The van der Waals surface area contributed by atoms with Crippen LogP contribution in [0.2, 0.25) is 0 Å². The van der Waals surface area contributed by atoms with Crippen LogP contribution >= 0.6 is 0 Å². The number of carbonyl (C=O) groups is 1. The zero-order chi connectivity index (χ0) is 10.3. The van der Waals surface area contributed by atoms with Crippen LogP contribution in [-0.4, -0.2) is 5.91 Å². The van der Waals surface area contributed by atoms with Crippen molar-refractivity contribution in [1.29, 1.82) is 0 Å². The van der Waals surface area contributed by atoms with E-state index in [4.69, 9.17) is 0 Å². The minimum Gasteiger partial charge on any atom is -0.325 e. The van der Waals surface area contributed by atoms with Crippen LogP contribution in [0.1, 0.15) is 32.3 Å². The zero-order valence-electron chi connectivity index (χ0n) is 8.79. The number of fused-ring (bicyclic) bond motifs is 1. The molecule has 2 rings (SSSR count). The van der Waals surface area contributed by atoms with Crippen LogP contribution in [0.5, 0.6) is 0 Å². The third kappa shape index (κ3) is 1.14. The summed E-state index contributed by atoms with van der Waals surface area (Å²) in [6, 6.07) is 8.01. The maximum Gasteiger partial charge on any atom is 0.230 e. The fourth-order valence-corrected chi connectivity index (χ4v) is 1.86. The van der Waals surface area contributed by atoms with E-state index in [1.807, 2.05) is 32.0 Å². The quantitative estimate of drug-likeness (QED) is 0.668. The Morgan fingerprint density at radius 1 is 1.29 bits per heavy atom. The summed E-state index contributed by atoms with van der Waals surface area (Å²) in [6.07, 6.45) is 0. The normalized spacial score (nSPS) is 23.9. The maximum atomic E-state index is 11.8. The Morgan fingerprint density at radius 2 is 1.93 bits per heavy atom. The molecule has 1 amide bonds. The second-order valence-corrected chi connectivity index (χ2v) is 4.48. The SMILES string of the molecule is CC1c2ccccc2NC(=O)C1(C)C. The van der Waals surface area contributed by atoms with Gasteiger partial charge in [0.25, 0.3) is 0 Å². The van der Waals surface area contributed by atoms with Crippen molar-refractivity contribution in [1.82, 2.24) is 0 Å². The minimum atomic E-state index is -0.311. The first-order chi connectivity index (χ1) is 6.53. The van der Waals surface area contributed by atoms with Crippen LogP contribution in [0.4, 0.5) is 5.69 Å². The molecule has 2 heteroatoms. The molecule has 0 aliphatic carbocycles. The van der Waals surface area contributed by atoms with Crippen molar-refractivity contribution in [3.8, 4) is 0 Å². The van der Waals surface area contributed by atoms with E-state index < -0.39 is 0 Å². The average molecular weight is 189 g/mol. The molecule has 0 saturated heterocycles. The van der Waals surface area contributed by atoms with Gasteiger partial charge >= 0.3 is 0 Å². The van der Waals surface area contributed by atoms with E-state index in [-0.39, 0.29) is 17.2 Å². The number of para-hydroxylation sites is 1. The maximum absolute atomic E-state index is 11.8. The first-order valence-electron chi connectivity index (χ1n) is 4.94. The molecule has 1 aromatic rings. The van der Waals surface area contributed by atoms with Crippen molar-refractivity contribution in [3.05, 3.63) is 29.8 Å². The lowest BCUT2D eigenvalue weighted by Gasteiger charge is -2.36. The van der Waals surface area contributed by atoms with Crippen LogP contribution in [0.3, 0.4) is 0 Å². The average Bonchev–Trinajstić information content (AvgIpc) is 2.15. The Hall–Kier alpha value is -1.31. The van der Waals surface area contributed by atoms with Gasteiger partial charge in [-0.3, -0.25) is 4.79 Å². The van der Waals surface area contributed by atoms with Gasteiger partial charge in [-0.05, 0) is 17.5 Å². The molecule has 0 spiro atoms. The number of anilines is 1. The highest BCUT2D eigenvalue weighted by molar-refractivity contribution is 5.98. The number of benzene rings is 1. The van der Waals surface area contributed by atoms with Gasteiger partial charge in [0, 0.05) is 5.69 Å². The molecule has 0 saturated carbocycles. The van der Waals surface area contributed by atoms with Crippen LogP contribution < -0.4 is 5.32 Å². The van der Waals surface area contributed by atoms with Gasteiger partial charge in [-0.15, -0.1) is 0 Å². The van der Waals surface area contributed by atoms with Gasteiger partial charge in [-0.2, -0.15) is 0 Å². The van der Waals surface area contributed by atoms with E-state index in [0.717, 1.165) is 5.69 Å². The van der Waals surface area contributed by atoms with Crippen LogP contribution in [0, 0.1) is 5.41 Å². The number of nitrogens with one attached hydrogen (secondary N) is 1. The number of hydrogen-bond donors (Lipinski definition) is 1. The molecule has 2 nitrogen and oxygen atoms in total. The summed E-state index contributed by atoms with van der Waals surface area (Å²) in [7, 11) is 0. The van der Waals surface area contributed by atoms with E-state index in [1.54, 1.807) is 0 Å². The standard InChI is InChI=1S/C12H15NO/c1-8-9-6-4-5-7-10(9)13-11(14)12(8,2)3/h4-8H,1-3H3,(H,13,14). The molecule has 1 aliphatic rings. The van der Waals surface area contributed by atoms with Crippen molar-refractivity contribution >= 4 is 11.6 Å². The van der Waals surface area contributed by atoms with Crippen LogP contribution in [0.25, 0.3) is 0 Å². The highest BCUT2D eigenvalue weighted by Crippen LogP contribution is 2.42. The smallest absolute Gasteiger partial charge is 0.230 e. The fraction of sp³-hybridized carbons (Fsp3) is 0.417. The fourth-order valence-electron chi connectivity index (χ4n) is 1.86. The van der Waals surface area contributed by atoms with Gasteiger partial charge in [0.1, 0.15) is 0 Å². The first-order valence-corrected chi connectivity index (χ1v) is 4.94. The molecule has 1 heterocycles. The predicted molar refractivity (Wildman–Crippen MR) is 57.3 cm³/mol. The van der Waals surface area contributed by atoms with Crippen LogP contribution in [-0.2, 0) is 4.79 Å². The lowest BCUT2D eigenvalue weighted by atomic mass is 9.72. The Morgan fingerprint density at radius 3 is 2.64 bits per heavy atom. The number of carbonyl (C=O) groups excluding carboxylic acids is 1. The summed E-state index contributed by atoms with van der Waals surface area (Å²) >= 11 is 0. The molecule has 1 atom stereocenters. The van der Waals surface area contributed by atoms with E-state index >= 15 is 0 Å². The third-order valence-electron chi connectivity index (χ3n) is 3.34. The van der Waals surface area contributed by atoms with E-state index in [2.05, 4.69) is 18.3 Å². The Labute approximate surface area is 84.3 Å². The molecular weight excluding hydrogens is 174 g/mol. The monoisotopic (exact) mass is 189 g/mol. The lowest BCUT2D eigenvalue weighted by molar-refractivity contribution is -0.125. The molecule has 0 fully saturated rings. The summed E-state index contributed by atoms with van der Waals surface area (Å²) in [6.45, 7) is 6.09. The summed E-state index contributed by atoms with van der Waals surface area (Å²) < 4.78 is 0. The largest absolute Gasteiger partial charge is 0.325 e. The molecular formula is C12H15NO. The molecule has 1 aliphatic heterocycles. The van der Waals surface area contributed by atoms with Gasteiger partial charge in [-0.25, -0.2) is 0 Å². The van der Waals surface area contributed by atoms with Crippen LogP contribution in [0.15, 0.2) is 24.3 Å². The second kappa shape index (κ2) is 2.84. The van der Waals surface area contributed by atoms with Crippen molar-refractivity contribution in [2.75, 3.05) is 5.32 Å². The topological polar surface area (TPSA) is 29.1 Å². The van der Waals surface area contributed by atoms with E-state index in [1.165, 1.54) is 5.56 Å². The number of hydrogen-bond acceptors (Lipinski definition) is 1.